The van der Waals surface area contributed by atoms with E-state index in [2.05, 4.69) is 33.5 Å². The number of amides is 1. The Morgan fingerprint density at radius 1 is 1.67 bits per heavy atom. The standard InChI is InChI=1S/C9H8BrClN2OS/c10-5-1-7(9(11)12-3-5)13-4-6(15)2-8(13)14/h1,3,6,15H,2,4H2. The molecule has 1 aromatic rings. The zero-order valence-electron chi connectivity index (χ0n) is 7.65. The summed E-state index contributed by atoms with van der Waals surface area (Å²) in [5.74, 6) is 0.0387. The first-order valence-corrected chi connectivity index (χ1v) is 6.06. The maximum Gasteiger partial charge on any atom is 0.228 e. The largest absolute Gasteiger partial charge is 0.308 e. The van der Waals surface area contributed by atoms with Crippen molar-refractivity contribution in [2.75, 3.05) is 11.4 Å². The van der Waals surface area contributed by atoms with E-state index in [1.165, 1.54) is 0 Å². The first-order valence-electron chi connectivity index (χ1n) is 4.37. The number of hydrogen-bond acceptors (Lipinski definition) is 3. The Morgan fingerprint density at radius 3 is 3.00 bits per heavy atom. The van der Waals surface area contributed by atoms with Gasteiger partial charge in [0, 0.05) is 28.9 Å². The van der Waals surface area contributed by atoms with Crippen LogP contribution in [-0.2, 0) is 4.79 Å². The highest BCUT2D eigenvalue weighted by molar-refractivity contribution is 9.10. The number of anilines is 1. The summed E-state index contributed by atoms with van der Waals surface area (Å²) < 4.78 is 0.803. The number of thiol groups is 1. The van der Waals surface area contributed by atoms with Crippen molar-refractivity contribution >= 4 is 51.8 Å². The van der Waals surface area contributed by atoms with Gasteiger partial charge in [-0.05, 0) is 22.0 Å². The maximum atomic E-state index is 11.6. The van der Waals surface area contributed by atoms with E-state index in [9.17, 15) is 4.79 Å². The highest BCUT2D eigenvalue weighted by Crippen LogP contribution is 2.31. The van der Waals surface area contributed by atoms with Crippen molar-refractivity contribution in [1.82, 2.24) is 4.98 Å². The van der Waals surface area contributed by atoms with Gasteiger partial charge in [0.2, 0.25) is 5.91 Å². The van der Waals surface area contributed by atoms with Crippen LogP contribution >= 0.6 is 40.2 Å². The van der Waals surface area contributed by atoms with E-state index >= 15 is 0 Å². The molecule has 0 spiro atoms. The number of pyridine rings is 1. The quantitative estimate of drug-likeness (QED) is 0.639. The van der Waals surface area contributed by atoms with Gasteiger partial charge in [0.15, 0.2) is 5.15 Å². The lowest BCUT2D eigenvalue weighted by molar-refractivity contribution is -0.117. The molecular weight excluding hydrogens is 300 g/mol. The van der Waals surface area contributed by atoms with E-state index in [-0.39, 0.29) is 11.2 Å². The Kier molecular flexibility index (Phi) is 3.23. The van der Waals surface area contributed by atoms with Crippen molar-refractivity contribution in [1.29, 1.82) is 0 Å². The van der Waals surface area contributed by atoms with Crippen molar-refractivity contribution in [3.05, 3.63) is 21.9 Å². The summed E-state index contributed by atoms with van der Waals surface area (Å²) in [6, 6.07) is 1.79. The summed E-state index contributed by atoms with van der Waals surface area (Å²) in [5.41, 5.74) is 0.646. The third-order valence-corrected chi connectivity index (χ3v) is 3.25. The molecule has 3 nitrogen and oxygen atoms in total. The molecule has 1 fully saturated rings. The van der Waals surface area contributed by atoms with E-state index in [0.29, 0.717) is 23.8 Å². The summed E-state index contributed by atoms with van der Waals surface area (Å²) >= 11 is 13.5. The molecule has 6 heteroatoms. The molecule has 0 aliphatic carbocycles. The van der Waals surface area contributed by atoms with Crippen molar-refractivity contribution in [3.8, 4) is 0 Å². The minimum absolute atomic E-state index is 0.0387. The van der Waals surface area contributed by atoms with Gasteiger partial charge in [-0.25, -0.2) is 4.98 Å². The lowest BCUT2D eigenvalue weighted by Crippen LogP contribution is -2.25. The molecule has 1 aromatic heterocycles. The third kappa shape index (κ3) is 2.29. The van der Waals surface area contributed by atoms with Crippen molar-refractivity contribution in [2.45, 2.75) is 11.7 Å². The molecular formula is C9H8BrClN2OS. The summed E-state index contributed by atoms with van der Waals surface area (Å²) in [4.78, 5) is 17.2. The van der Waals surface area contributed by atoms with Gasteiger partial charge in [0.05, 0.1) is 5.69 Å². The fourth-order valence-corrected chi connectivity index (χ4v) is 2.37. The molecule has 2 rings (SSSR count). The van der Waals surface area contributed by atoms with Crippen LogP contribution in [-0.4, -0.2) is 22.7 Å². The molecule has 1 aliphatic rings. The third-order valence-electron chi connectivity index (χ3n) is 2.18. The van der Waals surface area contributed by atoms with Gasteiger partial charge in [-0.3, -0.25) is 4.79 Å². The van der Waals surface area contributed by atoms with Crippen LogP contribution < -0.4 is 4.90 Å². The number of hydrogen-bond donors (Lipinski definition) is 1. The predicted octanol–water partition coefficient (Wildman–Crippen LogP) is 2.53. The molecule has 1 amide bonds. The number of carbonyl (C=O) groups excluding carboxylic acids is 1. The Balaban J connectivity index is 2.37. The van der Waals surface area contributed by atoms with E-state index in [1.807, 2.05) is 0 Å². The Hall–Kier alpha value is -0.260. The average molecular weight is 308 g/mol. The summed E-state index contributed by atoms with van der Waals surface area (Å²) in [7, 11) is 0. The summed E-state index contributed by atoms with van der Waals surface area (Å²) in [5, 5.41) is 0.418. The first-order chi connectivity index (χ1) is 7.08. The van der Waals surface area contributed by atoms with E-state index in [1.54, 1.807) is 17.2 Å². The molecule has 2 heterocycles. The van der Waals surface area contributed by atoms with Crippen LogP contribution in [0.3, 0.4) is 0 Å². The summed E-state index contributed by atoms with van der Waals surface area (Å²) in [6.07, 6.45) is 2.05. The Bertz CT molecular complexity index is 415. The van der Waals surface area contributed by atoms with Gasteiger partial charge in [-0.2, -0.15) is 12.6 Å². The van der Waals surface area contributed by atoms with Gasteiger partial charge >= 0.3 is 0 Å². The highest BCUT2D eigenvalue weighted by Gasteiger charge is 2.29. The minimum atomic E-state index is 0.0387. The number of halogens is 2. The van der Waals surface area contributed by atoms with Gasteiger partial charge in [0.25, 0.3) is 0 Å². The van der Waals surface area contributed by atoms with E-state index < -0.39 is 0 Å². The number of carbonyl (C=O) groups is 1. The van der Waals surface area contributed by atoms with Crippen LogP contribution in [0.2, 0.25) is 5.15 Å². The lowest BCUT2D eigenvalue weighted by atomic mass is 10.4. The maximum absolute atomic E-state index is 11.6. The fraction of sp³-hybridized carbons (Fsp3) is 0.333. The minimum Gasteiger partial charge on any atom is -0.308 e. The second kappa shape index (κ2) is 4.31. The van der Waals surface area contributed by atoms with Gasteiger partial charge < -0.3 is 4.90 Å². The monoisotopic (exact) mass is 306 g/mol. The number of rotatable bonds is 1. The van der Waals surface area contributed by atoms with Crippen LogP contribution in [0.5, 0.6) is 0 Å². The Morgan fingerprint density at radius 2 is 2.40 bits per heavy atom. The molecule has 0 radical (unpaired) electrons. The molecule has 0 N–H and O–H groups in total. The molecule has 1 unspecified atom stereocenters. The summed E-state index contributed by atoms with van der Waals surface area (Å²) in [6.45, 7) is 0.583. The van der Waals surface area contributed by atoms with Gasteiger partial charge in [-0.1, -0.05) is 11.6 Å². The van der Waals surface area contributed by atoms with Crippen LogP contribution in [0.25, 0.3) is 0 Å². The second-order valence-electron chi connectivity index (χ2n) is 3.33. The molecule has 15 heavy (non-hydrogen) atoms. The molecule has 0 saturated carbocycles. The zero-order valence-corrected chi connectivity index (χ0v) is 10.9. The molecule has 0 bridgehead atoms. The number of nitrogens with zero attached hydrogens (tertiary/aromatic N) is 2. The Labute approximate surface area is 106 Å². The lowest BCUT2D eigenvalue weighted by Gasteiger charge is -2.16. The zero-order chi connectivity index (χ0) is 11.0. The van der Waals surface area contributed by atoms with E-state index in [0.717, 1.165) is 4.47 Å². The second-order valence-corrected chi connectivity index (χ2v) is 5.33. The molecule has 1 atom stereocenters. The van der Waals surface area contributed by atoms with Crippen molar-refractivity contribution in [3.63, 3.8) is 0 Å². The normalized spacial score (nSPS) is 21.1. The molecule has 0 aromatic carbocycles. The molecule has 80 valence electrons. The van der Waals surface area contributed by atoms with Crippen LogP contribution in [0.4, 0.5) is 5.69 Å². The fourth-order valence-electron chi connectivity index (χ4n) is 1.52. The van der Waals surface area contributed by atoms with Crippen molar-refractivity contribution < 1.29 is 4.79 Å². The van der Waals surface area contributed by atoms with E-state index in [4.69, 9.17) is 11.6 Å². The van der Waals surface area contributed by atoms with Gasteiger partial charge in [-0.15, -0.1) is 0 Å². The van der Waals surface area contributed by atoms with Crippen LogP contribution in [0.15, 0.2) is 16.7 Å². The van der Waals surface area contributed by atoms with Crippen molar-refractivity contribution in [2.24, 2.45) is 0 Å². The van der Waals surface area contributed by atoms with Crippen LogP contribution in [0.1, 0.15) is 6.42 Å². The topological polar surface area (TPSA) is 33.2 Å². The molecule has 1 aliphatic heterocycles. The first kappa shape index (κ1) is 11.2. The number of aromatic nitrogens is 1. The molecule has 1 saturated heterocycles. The smallest absolute Gasteiger partial charge is 0.228 e. The predicted molar refractivity (Wildman–Crippen MR) is 66.7 cm³/mol. The highest BCUT2D eigenvalue weighted by atomic mass is 79.9. The SMILES string of the molecule is O=C1CC(S)CN1c1cc(Br)cnc1Cl. The van der Waals surface area contributed by atoms with Gasteiger partial charge in [0.1, 0.15) is 0 Å². The van der Waals surface area contributed by atoms with Crippen LogP contribution in [0, 0.1) is 0 Å². The average Bonchev–Trinajstić information content (AvgIpc) is 2.50.